The van der Waals surface area contributed by atoms with Gasteiger partial charge in [0.05, 0.1) is 11.1 Å². The molecule has 1 atom stereocenters. The van der Waals surface area contributed by atoms with Gasteiger partial charge in [-0.05, 0) is 52.7 Å². The fourth-order valence-electron chi connectivity index (χ4n) is 2.26. The van der Waals surface area contributed by atoms with Crippen molar-refractivity contribution in [3.05, 3.63) is 64.3 Å². The molecule has 21 heavy (non-hydrogen) atoms. The third kappa shape index (κ3) is 2.82. The Morgan fingerprint density at radius 3 is 2.62 bits per heavy atom. The van der Waals surface area contributed by atoms with Crippen LogP contribution in [0.25, 0.3) is 11.0 Å². The molecule has 3 aromatic rings. The molecule has 1 heterocycles. The third-order valence-corrected chi connectivity index (χ3v) is 3.92. The van der Waals surface area contributed by atoms with Crippen molar-refractivity contribution < 1.29 is 14.3 Å². The van der Waals surface area contributed by atoms with Crippen molar-refractivity contribution >= 4 is 26.9 Å². The van der Waals surface area contributed by atoms with Gasteiger partial charge in [0.1, 0.15) is 23.2 Å². The fraction of sp³-hybridized carbons (Fsp3) is 0.176. The first-order valence-corrected chi connectivity index (χ1v) is 7.57. The lowest BCUT2D eigenvalue weighted by atomic mass is 10.1. The van der Waals surface area contributed by atoms with E-state index in [1.807, 2.05) is 55.5 Å². The van der Waals surface area contributed by atoms with Crippen molar-refractivity contribution in [3.8, 4) is 5.75 Å². The maximum Gasteiger partial charge on any atom is 0.148 e. The summed E-state index contributed by atoms with van der Waals surface area (Å²) in [6.07, 6.45) is -0.792. The van der Waals surface area contributed by atoms with Gasteiger partial charge in [-0.25, -0.2) is 0 Å². The predicted octanol–water partition coefficient (Wildman–Crippen LogP) is 4.68. The molecule has 0 aliphatic heterocycles. The highest BCUT2D eigenvalue weighted by Gasteiger charge is 2.16. The van der Waals surface area contributed by atoms with Gasteiger partial charge in [-0.1, -0.05) is 24.3 Å². The Hall–Kier alpha value is -1.78. The third-order valence-electron chi connectivity index (χ3n) is 3.29. The van der Waals surface area contributed by atoms with E-state index >= 15 is 0 Å². The molecule has 3 rings (SSSR count). The van der Waals surface area contributed by atoms with Gasteiger partial charge in [0.2, 0.25) is 0 Å². The standard InChI is InChI=1S/C17H15BrO3/c1-2-20-13-8-6-11(7-9-13)16(19)15-10-12-4-3-5-14(18)17(12)21-15/h3-10,16,19H,2H2,1H3. The predicted molar refractivity (Wildman–Crippen MR) is 85.6 cm³/mol. The van der Waals surface area contributed by atoms with E-state index in [0.717, 1.165) is 26.8 Å². The molecule has 0 saturated carbocycles. The molecule has 0 saturated heterocycles. The molecule has 0 aliphatic carbocycles. The lowest BCUT2D eigenvalue weighted by molar-refractivity contribution is 0.192. The molecular formula is C17H15BrO3. The second-order valence-corrected chi connectivity index (χ2v) is 5.57. The smallest absolute Gasteiger partial charge is 0.148 e. The summed E-state index contributed by atoms with van der Waals surface area (Å²) in [5, 5.41) is 11.4. The lowest BCUT2D eigenvalue weighted by Crippen LogP contribution is -1.98. The van der Waals surface area contributed by atoms with Gasteiger partial charge in [-0.3, -0.25) is 0 Å². The van der Waals surface area contributed by atoms with Crippen molar-refractivity contribution in [2.75, 3.05) is 6.61 Å². The van der Waals surface area contributed by atoms with E-state index in [0.29, 0.717) is 12.4 Å². The fourth-order valence-corrected chi connectivity index (χ4v) is 2.72. The molecule has 0 bridgehead atoms. The molecule has 108 valence electrons. The Morgan fingerprint density at radius 2 is 1.95 bits per heavy atom. The highest BCUT2D eigenvalue weighted by molar-refractivity contribution is 9.10. The van der Waals surface area contributed by atoms with E-state index < -0.39 is 6.10 Å². The Morgan fingerprint density at radius 1 is 1.19 bits per heavy atom. The van der Waals surface area contributed by atoms with E-state index in [-0.39, 0.29) is 0 Å². The second kappa shape index (κ2) is 5.92. The summed E-state index contributed by atoms with van der Waals surface area (Å²) in [5.41, 5.74) is 1.52. The van der Waals surface area contributed by atoms with Gasteiger partial charge in [0.25, 0.3) is 0 Å². The zero-order valence-corrected chi connectivity index (χ0v) is 13.1. The minimum atomic E-state index is -0.792. The summed E-state index contributed by atoms with van der Waals surface area (Å²) in [5.74, 6) is 1.32. The summed E-state index contributed by atoms with van der Waals surface area (Å²) in [6.45, 7) is 2.56. The van der Waals surface area contributed by atoms with Crippen LogP contribution >= 0.6 is 15.9 Å². The number of ether oxygens (including phenoxy) is 1. The zero-order valence-electron chi connectivity index (χ0n) is 11.5. The number of benzene rings is 2. The molecule has 2 aromatic carbocycles. The number of rotatable bonds is 4. The molecule has 1 aromatic heterocycles. The topological polar surface area (TPSA) is 42.6 Å². The monoisotopic (exact) mass is 346 g/mol. The van der Waals surface area contributed by atoms with Crippen molar-refractivity contribution in [1.29, 1.82) is 0 Å². The number of para-hydroxylation sites is 1. The first-order valence-electron chi connectivity index (χ1n) is 6.78. The molecule has 0 aliphatic rings. The van der Waals surface area contributed by atoms with Crippen molar-refractivity contribution in [2.24, 2.45) is 0 Å². The van der Waals surface area contributed by atoms with Crippen LogP contribution in [0.5, 0.6) is 5.75 Å². The van der Waals surface area contributed by atoms with Gasteiger partial charge in [-0.2, -0.15) is 0 Å². The van der Waals surface area contributed by atoms with Gasteiger partial charge in [0.15, 0.2) is 0 Å². The van der Waals surface area contributed by atoms with E-state index in [9.17, 15) is 5.11 Å². The van der Waals surface area contributed by atoms with E-state index in [2.05, 4.69) is 15.9 Å². The molecule has 1 unspecified atom stereocenters. The first-order chi connectivity index (χ1) is 10.2. The molecule has 0 radical (unpaired) electrons. The Labute approximate surface area is 131 Å². The van der Waals surface area contributed by atoms with Crippen LogP contribution in [-0.2, 0) is 0 Å². The highest BCUT2D eigenvalue weighted by Crippen LogP contribution is 2.32. The van der Waals surface area contributed by atoms with Crippen molar-refractivity contribution in [1.82, 2.24) is 0 Å². The zero-order chi connectivity index (χ0) is 14.8. The average molecular weight is 347 g/mol. The van der Waals surface area contributed by atoms with Gasteiger partial charge >= 0.3 is 0 Å². The van der Waals surface area contributed by atoms with E-state index in [1.165, 1.54) is 0 Å². The molecule has 3 nitrogen and oxygen atoms in total. The number of halogens is 1. The van der Waals surface area contributed by atoms with Crippen LogP contribution in [0.1, 0.15) is 24.4 Å². The van der Waals surface area contributed by atoms with Crippen LogP contribution in [0, 0.1) is 0 Å². The number of hydrogen-bond acceptors (Lipinski definition) is 3. The Balaban J connectivity index is 1.92. The van der Waals surface area contributed by atoms with Crippen LogP contribution in [0.2, 0.25) is 0 Å². The lowest BCUT2D eigenvalue weighted by Gasteiger charge is -2.09. The van der Waals surface area contributed by atoms with Crippen molar-refractivity contribution in [3.63, 3.8) is 0 Å². The number of hydrogen-bond donors (Lipinski definition) is 1. The Bertz CT molecular complexity index is 746. The summed E-state index contributed by atoms with van der Waals surface area (Å²) in [7, 11) is 0. The number of fused-ring (bicyclic) bond motifs is 1. The maximum atomic E-state index is 10.5. The van der Waals surface area contributed by atoms with Crippen LogP contribution in [0.15, 0.2) is 57.4 Å². The van der Waals surface area contributed by atoms with Crippen LogP contribution < -0.4 is 4.74 Å². The van der Waals surface area contributed by atoms with Crippen LogP contribution in [0.3, 0.4) is 0 Å². The quantitative estimate of drug-likeness (QED) is 0.745. The molecule has 0 spiro atoms. The molecule has 4 heteroatoms. The second-order valence-electron chi connectivity index (χ2n) is 4.71. The summed E-state index contributed by atoms with van der Waals surface area (Å²) in [6, 6.07) is 15.1. The van der Waals surface area contributed by atoms with Gasteiger partial charge in [0, 0.05) is 5.39 Å². The molecule has 0 fully saturated rings. The largest absolute Gasteiger partial charge is 0.494 e. The summed E-state index contributed by atoms with van der Waals surface area (Å²) >= 11 is 3.45. The van der Waals surface area contributed by atoms with Gasteiger partial charge in [-0.15, -0.1) is 0 Å². The Kier molecular flexibility index (Phi) is 3.99. The molecular weight excluding hydrogens is 332 g/mol. The summed E-state index contributed by atoms with van der Waals surface area (Å²) < 4.78 is 12.0. The number of aliphatic hydroxyl groups is 1. The number of furan rings is 1. The highest BCUT2D eigenvalue weighted by atomic mass is 79.9. The number of aliphatic hydroxyl groups excluding tert-OH is 1. The SMILES string of the molecule is CCOc1ccc(C(O)c2cc3cccc(Br)c3o2)cc1. The normalized spacial score (nSPS) is 12.5. The minimum absolute atomic E-state index is 0.529. The summed E-state index contributed by atoms with van der Waals surface area (Å²) in [4.78, 5) is 0. The minimum Gasteiger partial charge on any atom is -0.494 e. The molecule has 0 amide bonds. The van der Waals surface area contributed by atoms with Crippen LogP contribution in [-0.4, -0.2) is 11.7 Å². The van der Waals surface area contributed by atoms with Crippen LogP contribution in [0.4, 0.5) is 0 Å². The molecule has 1 N–H and O–H groups in total. The van der Waals surface area contributed by atoms with Gasteiger partial charge < -0.3 is 14.3 Å². The van der Waals surface area contributed by atoms with E-state index in [1.54, 1.807) is 0 Å². The first kappa shape index (κ1) is 14.2. The average Bonchev–Trinajstić information content (AvgIpc) is 2.93. The van der Waals surface area contributed by atoms with Crippen molar-refractivity contribution in [2.45, 2.75) is 13.0 Å². The maximum absolute atomic E-state index is 10.5. The van der Waals surface area contributed by atoms with E-state index in [4.69, 9.17) is 9.15 Å².